The van der Waals surface area contributed by atoms with Gasteiger partial charge in [-0.1, -0.05) is 30.5 Å². The van der Waals surface area contributed by atoms with Gasteiger partial charge in [-0.25, -0.2) is 0 Å². The topological polar surface area (TPSA) is 23.6 Å². The van der Waals surface area contributed by atoms with Gasteiger partial charge in [-0.05, 0) is 70.2 Å². The molecule has 2 fully saturated rings. The van der Waals surface area contributed by atoms with E-state index in [0.717, 1.165) is 24.2 Å². The molecule has 25 heavy (non-hydrogen) atoms. The van der Waals surface area contributed by atoms with Crippen molar-refractivity contribution in [3.63, 3.8) is 0 Å². The molecule has 0 aromatic heterocycles. The van der Waals surface area contributed by atoms with Crippen LogP contribution in [0, 0.1) is 12.8 Å². The Hall–Kier alpha value is -1.35. The van der Waals surface area contributed by atoms with Crippen molar-refractivity contribution in [3.8, 4) is 0 Å². The normalized spacial score (nSPS) is 24.7. The molecule has 1 unspecified atom stereocenters. The van der Waals surface area contributed by atoms with Gasteiger partial charge in [0.15, 0.2) is 0 Å². The Kier molecular flexibility index (Phi) is 4.39. The molecule has 2 heterocycles. The number of nitrogens with zero attached hydrogens (tertiary/aromatic N) is 2. The number of piperidine rings is 1. The van der Waals surface area contributed by atoms with Gasteiger partial charge in [0.1, 0.15) is 0 Å². The van der Waals surface area contributed by atoms with Crippen LogP contribution < -0.4 is 4.90 Å². The molecule has 0 N–H and O–H groups in total. The van der Waals surface area contributed by atoms with E-state index in [1.807, 2.05) is 4.90 Å². The summed E-state index contributed by atoms with van der Waals surface area (Å²) >= 11 is 0. The molecule has 1 atom stereocenters. The number of carbonyl (C=O) groups is 1. The monoisotopic (exact) mass is 340 g/mol. The molecule has 0 bridgehead atoms. The highest BCUT2D eigenvalue weighted by Gasteiger charge is 2.46. The summed E-state index contributed by atoms with van der Waals surface area (Å²) in [5.74, 6) is 1.09. The van der Waals surface area contributed by atoms with Gasteiger partial charge in [0.25, 0.3) is 0 Å². The lowest BCUT2D eigenvalue weighted by atomic mass is 9.73. The lowest BCUT2D eigenvalue weighted by Crippen LogP contribution is -2.49. The zero-order chi connectivity index (χ0) is 17.6. The molecule has 0 radical (unpaired) electrons. The summed E-state index contributed by atoms with van der Waals surface area (Å²) in [6, 6.07) is 7.37. The number of anilines is 1. The Morgan fingerprint density at radius 1 is 1.20 bits per heavy atom. The average Bonchev–Trinajstić information content (AvgIpc) is 3.23. The van der Waals surface area contributed by atoms with Crippen molar-refractivity contribution in [3.05, 3.63) is 29.3 Å². The Morgan fingerprint density at radius 3 is 2.52 bits per heavy atom. The lowest BCUT2D eigenvalue weighted by Gasteiger charge is -2.43. The average molecular weight is 341 g/mol. The SMILES string of the molecule is CC(=O)N1CC2(CCN(C(C)C3CCCC3)CC2)c2cc(C)ccc21. The standard InChI is InChI=1S/C22H32N2O/c1-16-8-9-21-20(14-16)22(15-24(21)18(3)25)10-12-23(13-11-22)17(2)19-6-4-5-7-19/h8-9,14,17,19H,4-7,10-13,15H2,1-3H3. The summed E-state index contributed by atoms with van der Waals surface area (Å²) in [5, 5.41) is 0. The predicted octanol–water partition coefficient (Wildman–Crippen LogP) is 4.27. The molecule has 4 rings (SSSR count). The highest BCUT2D eigenvalue weighted by atomic mass is 16.2. The third-order valence-electron chi connectivity index (χ3n) is 7.27. The molecule has 1 saturated heterocycles. The van der Waals surface area contributed by atoms with Gasteiger partial charge >= 0.3 is 0 Å². The molecule has 1 amide bonds. The minimum atomic E-state index is 0.179. The first-order chi connectivity index (χ1) is 12.0. The summed E-state index contributed by atoms with van der Waals surface area (Å²) in [7, 11) is 0. The van der Waals surface area contributed by atoms with Crippen LogP contribution >= 0.6 is 0 Å². The van der Waals surface area contributed by atoms with Crippen LogP contribution in [0.3, 0.4) is 0 Å². The molecule has 1 aromatic rings. The second kappa shape index (κ2) is 6.42. The van der Waals surface area contributed by atoms with Gasteiger partial charge in [-0.2, -0.15) is 0 Å². The van der Waals surface area contributed by atoms with E-state index < -0.39 is 0 Å². The van der Waals surface area contributed by atoms with Crippen LogP contribution in [0.25, 0.3) is 0 Å². The molecule has 1 aromatic carbocycles. The van der Waals surface area contributed by atoms with Gasteiger partial charge in [0.2, 0.25) is 5.91 Å². The molecule has 3 aliphatic rings. The summed E-state index contributed by atoms with van der Waals surface area (Å²) in [4.78, 5) is 16.9. The van der Waals surface area contributed by atoms with E-state index >= 15 is 0 Å². The maximum absolute atomic E-state index is 12.2. The maximum atomic E-state index is 12.2. The van der Waals surface area contributed by atoms with Crippen molar-refractivity contribution in [1.82, 2.24) is 4.90 Å². The van der Waals surface area contributed by atoms with E-state index in [-0.39, 0.29) is 11.3 Å². The molecular weight excluding hydrogens is 308 g/mol. The van der Waals surface area contributed by atoms with Crippen LogP contribution in [0.15, 0.2) is 18.2 Å². The largest absolute Gasteiger partial charge is 0.311 e. The highest BCUT2D eigenvalue weighted by molar-refractivity contribution is 5.94. The minimum absolute atomic E-state index is 0.179. The molecule has 1 aliphatic carbocycles. The molecular formula is C22H32N2O. The Balaban J connectivity index is 1.54. The van der Waals surface area contributed by atoms with Crippen molar-refractivity contribution in [2.45, 2.75) is 70.8 Å². The Bertz CT molecular complexity index is 654. The number of amides is 1. The molecule has 3 heteroatoms. The van der Waals surface area contributed by atoms with Crippen LogP contribution in [-0.2, 0) is 10.2 Å². The predicted molar refractivity (Wildman–Crippen MR) is 103 cm³/mol. The van der Waals surface area contributed by atoms with E-state index in [1.54, 1.807) is 6.92 Å². The fourth-order valence-corrected chi connectivity index (χ4v) is 5.59. The number of likely N-dealkylation sites (tertiary alicyclic amines) is 1. The Labute approximate surface area is 152 Å². The van der Waals surface area contributed by atoms with Crippen LogP contribution in [0.1, 0.15) is 63.5 Å². The van der Waals surface area contributed by atoms with E-state index in [0.29, 0.717) is 0 Å². The van der Waals surface area contributed by atoms with Gasteiger partial charge < -0.3 is 9.80 Å². The van der Waals surface area contributed by atoms with Gasteiger partial charge in [-0.3, -0.25) is 4.79 Å². The van der Waals surface area contributed by atoms with Gasteiger partial charge in [-0.15, -0.1) is 0 Å². The van der Waals surface area contributed by atoms with E-state index in [2.05, 4.69) is 36.9 Å². The van der Waals surface area contributed by atoms with E-state index in [9.17, 15) is 4.79 Å². The number of hydrogen-bond donors (Lipinski definition) is 0. The lowest BCUT2D eigenvalue weighted by molar-refractivity contribution is -0.116. The molecule has 1 saturated carbocycles. The number of rotatable bonds is 2. The minimum Gasteiger partial charge on any atom is -0.311 e. The highest BCUT2D eigenvalue weighted by Crippen LogP contribution is 2.48. The van der Waals surface area contributed by atoms with Crippen molar-refractivity contribution in [1.29, 1.82) is 0 Å². The van der Waals surface area contributed by atoms with Gasteiger partial charge in [0.05, 0.1) is 0 Å². The summed E-state index contributed by atoms with van der Waals surface area (Å²) in [6.07, 6.45) is 8.06. The van der Waals surface area contributed by atoms with Crippen LogP contribution in [-0.4, -0.2) is 36.5 Å². The van der Waals surface area contributed by atoms with Crippen molar-refractivity contribution in [2.75, 3.05) is 24.5 Å². The first-order valence-electron chi connectivity index (χ1n) is 10.1. The summed E-state index contributed by atoms with van der Waals surface area (Å²) < 4.78 is 0. The van der Waals surface area contributed by atoms with Crippen molar-refractivity contribution >= 4 is 11.6 Å². The first-order valence-corrected chi connectivity index (χ1v) is 10.1. The third-order valence-corrected chi connectivity index (χ3v) is 7.27. The van der Waals surface area contributed by atoms with Crippen LogP contribution in [0.4, 0.5) is 5.69 Å². The quantitative estimate of drug-likeness (QED) is 0.802. The zero-order valence-corrected chi connectivity index (χ0v) is 16.1. The van der Waals surface area contributed by atoms with Crippen LogP contribution in [0.2, 0.25) is 0 Å². The first kappa shape index (κ1) is 17.1. The number of aryl methyl sites for hydroxylation is 1. The summed E-state index contributed by atoms with van der Waals surface area (Å²) in [5.41, 5.74) is 4.08. The second-order valence-electron chi connectivity index (χ2n) is 8.73. The number of fused-ring (bicyclic) bond motifs is 2. The molecule has 136 valence electrons. The van der Waals surface area contributed by atoms with Crippen LogP contribution in [0.5, 0.6) is 0 Å². The Morgan fingerprint density at radius 2 is 1.88 bits per heavy atom. The zero-order valence-electron chi connectivity index (χ0n) is 16.1. The fraction of sp³-hybridized carbons (Fsp3) is 0.682. The number of benzene rings is 1. The number of hydrogen-bond acceptors (Lipinski definition) is 2. The fourth-order valence-electron chi connectivity index (χ4n) is 5.59. The number of carbonyl (C=O) groups excluding carboxylic acids is 1. The summed E-state index contributed by atoms with van der Waals surface area (Å²) in [6.45, 7) is 9.56. The van der Waals surface area contributed by atoms with E-state index in [1.165, 1.54) is 62.7 Å². The van der Waals surface area contributed by atoms with Crippen molar-refractivity contribution in [2.24, 2.45) is 5.92 Å². The maximum Gasteiger partial charge on any atom is 0.223 e. The second-order valence-corrected chi connectivity index (χ2v) is 8.73. The molecule has 2 aliphatic heterocycles. The third kappa shape index (κ3) is 2.91. The van der Waals surface area contributed by atoms with E-state index in [4.69, 9.17) is 0 Å². The smallest absolute Gasteiger partial charge is 0.223 e. The van der Waals surface area contributed by atoms with Crippen molar-refractivity contribution < 1.29 is 4.79 Å². The molecule has 3 nitrogen and oxygen atoms in total. The van der Waals surface area contributed by atoms with Gasteiger partial charge in [0, 0.05) is 30.6 Å². The molecule has 1 spiro atoms.